The number of hydrogen-bond donors (Lipinski definition) is 0. The van der Waals surface area contributed by atoms with Gasteiger partial charge in [0.15, 0.2) is 0 Å². The van der Waals surface area contributed by atoms with Crippen molar-refractivity contribution >= 4 is 34.2 Å². The zero-order chi connectivity index (χ0) is 13.8. The van der Waals surface area contributed by atoms with Crippen molar-refractivity contribution in [1.82, 2.24) is 0 Å². The average Bonchev–Trinajstić information content (AvgIpc) is 2.39. The molecule has 0 aliphatic carbocycles. The molecule has 1 atom stereocenters. The van der Waals surface area contributed by atoms with E-state index in [-0.39, 0.29) is 11.2 Å². The fraction of sp³-hybridized carbons (Fsp3) is 0.200. The van der Waals surface area contributed by atoms with Crippen LogP contribution in [0.25, 0.3) is 0 Å². The molecular formula is C15H13ClFIO. The third-order valence-electron chi connectivity index (χ3n) is 2.72. The first-order valence-corrected chi connectivity index (χ1v) is 7.45. The normalized spacial score (nSPS) is 12.2. The summed E-state index contributed by atoms with van der Waals surface area (Å²) in [6.45, 7) is 2.58. The summed E-state index contributed by atoms with van der Waals surface area (Å²) >= 11 is 8.55. The van der Waals surface area contributed by atoms with E-state index in [0.717, 1.165) is 20.4 Å². The van der Waals surface area contributed by atoms with E-state index in [1.54, 1.807) is 6.07 Å². The molecule has 0 fully saturated rings. The molecule has 0 saturated carbocycles. The lowest BCUT2D eigenvalue weighted by Crippen LogP contribution is -1.98. The smallest absolute Gasteiger partial charge is 0.124 e. The first-order chi connectivity index (χ1) is 9.11. The molecule has 19 heavy (non-hydrogen) atoms. The fourth-order valence-corrected chi connectivity index (χ4v) is 3.09. The van der Waals surface area contributed by atoms with Crippen LogP contribution in [0.15, 0.2) is 42.5 Å². The third-order valence-corrected chi connectivity index (χ3v) is 4.14. The lowest BCUT2D eigenvalue weighted by molar-refractivity contribution is 0.340. The van der Waals surface area contributed by atoms with Gasteiger partial charge in [0.25, 0.3) is 0 Å². The third kappa shape index (κ3) is 3.60. The Morgan fingerprint density at radius 2 is 1.89 bits per heavy atom. The van der Waals surface area contributed by atoms with Crippen LogP contribution in [-0.4, -0.2) is 6.61 Å². The van der Waals surface area contributed by atoms with E-state index >= 15 is 0 Å². The Kier molecular flexibility index (Phi) is 5.05. The zero-order valence-electron chi connectivity index (χ0n) is 10.4. The van der Waals surface area contributed by atoms with Crippen molar-refractivity contribution in [2.75, 3.05) is 6.61 Å². The topological polar surface area (TPSA) is 9.23 Å². The number of rotatable bonds is 4. The second-order valence-corrected chi connectivity index (χ2v) is 5.63. The Bertz CT molecular complexity index is 557. The van der Waals surface area contributed by atoms with Gasteiger partial charge in [-0.25, -0.2) is 4.39 Å². The van der Waals surface area contributed by atoms with Crippen molar-refractivity contribution in [1.29, 1.82) is 0 Å². The minimum Gasteiger partial charge on any atom is -0.494 e. The van der Waals surface area contributed by atoms with Crippen LogP contribution in [0, 0.1) is 9.39 Å². The average molecular weight is 391 g/mol. The summed E-state index contributed by atoms with van der Waals surface area (Å²) < 4.78 is 19.3. The van der Waals surface area contributed by atoms with Crippen molar-refractivity contribution in [2.45, 2.75) is 12.3 Å². The van der Waals surface area contributed by atoms with Gasteiger partial charge in [-0.05, 0) is 64.9 Å². The van der Waals surface area contributed by atoms with Crippen molar-refractivity contribution in [3.05, 3.63) is 63.0 Å². The summed E-state index contributed by atoms with van der Waals surface area (Å²) in [4.78, 5) is 0. The van der Waals surface area contributed by atoms with Crippen LogP contribution >= 0.6 is 34.2 Å². The second-order valence-electron chi connectivity index (χ2n) is 4.03. The maximum atomic E-state index is 13.1. The molecule has 0 aliphatic heterocycles. The van der Waals surface area contributed by atoms with Gasteiger partial charge in [-0.15, -0.1) is 11.6 Å². The summed E-state index contributed by atoms with van der Waals surface area (Å²) in [7, 11) is 0. The van der Waals surface area contributed by atoms with Gasteiger partial charge in [0, 0.05) is 3.57 Å². The molecule has 1 nitrogen and oxygen atoms in total. The Balaban J connectivity index is 2.25. The van der Waals surface area contributed by atoms with Gasteiger partial charge in [0.05, 0.1) is 12.0 Å². The van der Waals surface area contributed by atoms with Crippen LogP contribution < -0.4 is 4.74 Å². The van der Waals surface area contributed by atoms with Crippen molar-refractivity contribution in [3.8, 4) is 5.75 Å². The van der Waals surface area contributed by atoms with Gasteiger partial charge in [-0.1, -0.05) is 18.2 Å². The van der Waals surface area contributed by atoms with E-state index in [0.29, 0.717) is 6.61 Å². The van der Waals surface area contributed by atoms with E-state index in [1.807, 2.05) is 31.2 Å². The van der Waals surface area contributed by atoms with E-state index in [2.05, 4.69) is 22.6 Å². The lowest BCUT2D eigenvalue weighted by Gasteiger charge is -2.13. The Labute approximate surface area is 130 Å². The van der Waals surface area contributed by atoms with E-state index in [1.165, 1.54) is 12.1 Å². The summed E-state index contributed by atoms with van der Waals surface area (Å²) in [5.41, 5.74) is 1.88. The number of hydrogen-bond acceptors (Lipinski definition) is 1. The largest absolute Gasteiger partial charge is 0.494 e. The first-order valence-electron chi connectivity index (χ1n) is 5.93. The standard InChI is InChI=1S/C15H13ClFIO/c1-2-19-12-6-3-10(4-7-12)15(16)13-8-5-11(17)9-14(13)18/h3-9,15H,2H2,1H3. The summed E-state index contributed by atoms with van der Waals surface area (Å²) in [6, 6.07) is 12.3. The summed E-state index contributed by atoms with van der Waals surface area (Å²) in [5.74, 6) is 0.577. The number of ether oxygens (including phenoxy) is 1. The van der Waals surface area contributed by atoms with Crippen LogP contribution in [0.3, 0.4) is 0 Å². The predicted octanol–water partition coefficient (Wildman–Crippen LogP) is 5.16. The molecule has 100 valence electrons. The Morgan fingerprint density at radius 1 is 1.21 bits per heavy atom. The zero-order valence-corrected chi connectivity index (χ0v) is 13.3. The molecular weight excluding hydrogens is 378 g/mol. The molecule has 0 aliphatic rings. The molecule has 0 heterocycles. The number of halogens is 3. The summed E-state index contributed by atoms with van der Waals surface area (Å²) in [6.07, 6.45) is 0. The van der Waals surface area contributed by atoms with E-state index in [4.69, 9.17) is 16.3 Å². The Morgan fingerprint density at radius 3 is 2.47 bits per heavy atom. The van der Waals surface area contributed by atoms with Crippen LogP contribution in [-0.2, 0) is 0 Å². The Hall–Kier alpha value is -0.810. The molecule has 2 rings (SSSR count). The van der Waals surface area contributed by atoms with Gasteiger partial charge in [-0.2, -0.15) is 0 Å². The molecule has 0 spiro atoms. The molecule has 0 bridgehead atoms. The predicted molar refractivity (Wildman–Crippen MR) is 84.4 cm³/mol. The fourth-order valence-electron chi connectivity index (χ4n) is 1.79. The quantitative estimate of drug-likeness (QED) is 0.518. The first kappa shape index (κ1) is 14.6. The molecule has 1 unspecified atom stereocenters. The van der Waals surface area contributed by atoms with Crippen molar-refractivity contribution in [2.24, 2.45) is 0 Å². The maximum Gasteiger partial charge on any atom is 0.124 e. The van der Waals surface area contributed by atoms with E-state index < -0.39 is 0 Å². The lowest BCUT2D eigenvalue weighted by atomic mass is 10.0. The van der Waals surface area contributed by atoms with Crippen LogP contribution in [0.2, 0.25) is 0 Å². The monoisotopic (exact) mass is 390 g/mol. The molecule has 0 N–H and O–H groups in total. The van der Waals surface area contributed by atoms with Crippen molar-refractivity contribution < 1.29 is 9.13 Å². The van der Waals surface area contributed by atoms with Gasteiger partial charge >= 0.3 is 0 Å². The number of benzene rings is 2. The second kappa shape index (κ2) is 6.57. The highest BCUT2D eigenvalue weighted by Gasteiger charge is 2.14. The highest BCUT2D eigenvalue weighted by Crippen LogP contribution is 2.33. The number of alkyl halides is 1. The SMILES string of the molecule is CCOc1ccc(C(Cl)c2ccc(F)cc2I)cc1. The van der Waals surface area contributed by atoms with Gasteiger partial charge in [0.1, 0.15) is 11.6 Å². The molecule has 2 aromatic rings. The van der Waals surface area contributed by atoms with Gasteiger partial charge < -0.3 is 4.74 Å². The molecule has 0 saturated heterocycles. The molecule has 4 heteroatoms. The molecule has 0 radical (unpaired) electrons. The highest BCUT2D eigenvalue weighted by molar-refractivity contribution is 14.1. The molecule has 0 aromatic heterocycles. The molecule has 0 amide bonds. The van der Waals surface area contributed by atoms with Crippen molar-refractivity contribution in [3.63, 3.8) is 0 Å². The van der Waals surface area contributed by atoms with Crippen LogP contribution in [0.4, 0.5) is 4.39 Å². The van der Waals surface area contributed by atoms with E-state index in [9.17, 15) is 4.39 Å². The minimum atomic E-state index is -0.289. The maximum absolute atomic E-state index is 13.1. The molecule has 2 aromatic carbocycles. The van der Waals surface area contributed by atoms with Gasteiger partial charge in [0.2, 0.25) is 0 Å². The minimum absolute atomic E-state index is 0.247. The van der Waals surface area contributed by atoms with Gasteiger partial charge in [-0.3, -0.25) is 0 Å². The highest BCUT2D eigenvalue weighted by atomic mass is 127. The summed E-state index contributed by atoms with van der Waals surface area (Å²) in [5, 5.41) is -0.289. The van der Waals surface area contributed by atoms with Crippen LogP contribution in [0.1, 0.15) is 23.4 Å². The van der Waals surface area contributed by atoms with Crippen LogP contribution in [0.5, 0.6) is 5.75 Å².